The van der Waals surface area contributed by atoms with E-state index in [1.54, 1.807) is 42.7 Å². The lowest BCUT2D eigenvalue weighted by Gasteiger charge is -2.08. The van der Waals surface area contributed by atoms with Crippen LogP contribution >= 0.6 is 0 Å². The Hall–Kier alpha value is -4.26. The zero-order valence-corrected chi connectivity index (χ0v) is 17.2. The molecule has 4 aromatic rings. The van der Waals surface area contributed by atoms with Crippen LogP contribution in [0.5, 0.6) is 0 Å². The summed E-state index contributed by atoms with van der Waals surface area (Å²) in [6.07, 6.45) is -1.25. The summed E-state index contributed by atoms with van der Waals surface area (Å²) in [6, 6.07) is 12.5. The number of benzene rings is 1. The normalized spacial score (nSPS) is 11.5. The molecule has 2 N–H and O–H groups in total. The quantitative estimate of drug-likeness (QED) is 0.467. The number of halogens is 3. The van der Waals surface area contributed by atoms with Gasteiger partial charge < -0.3 is 5.73 Å². The highest BCUT2D eigenvalue weighted by Crippen LogP contribution is 2.26. The number of alkyl halides is 3. The molecule has 1 aromatic carbocycles. The number of anilines is 1. The van der Waals surface area contributed by atoms with Crippen LogP contribution < -0.4 is 5.73 Å². The Bertz CT molecular complexity index is 1390. The van der Waals surface area contributed by atoms with Crippen LogP contribution in [0.3, 0.4) is 0 Å². The van der Waals surface area contributed by atoms with Gasteiger partial charge in [0.25, 0.3) is 0 Å². The van der Waals surface area contributed by atoms with Crippen molar-refractivity contribution in [3.05, 3.63) is 66.1 Å². The van der Waals surface area contributed by atoms with E-state index in [1.165, 1.54) is 6.20 Å². The van der Waals surface area contributed by atoms with Gasteiger partial charge in [0.2, 0.25) is 0 Å². The number of nitrogens with two attached hydrogens (primary N) is 1. The van der Waals surface area contributed by atoms with Gasteiger partial charge in [-0.25, -0.2) is 15.0 Å². The van der Waals surface area contributed by atoms with Gasteiger partial charge in [0, 0.05) is 30.2 Å². The molecule has 0 amide bonds. The zero-order valence-electron chi connectivity index (χ0n) is 17.2. The third-order valence-electron chi connectivity index (χ3n) is 5.02. The number of nitrogen functional groups attached to an aromatic ring is 1. The monoisotopic (exact) mass is 450 g/mol. The average molecular weight is 450 g/mol. The lowest BCUT2D eigenvalue weighted by atomic mass is 10.0. The molecule has 33 heavy (non-hydrogen) atoms. The fraction of sp³-hybridized carbons (Fsp3) is 0.174. The summed E-state index contributed by atoms with van der Waals surface area (Å²) >= 11 is 0. The van der Waals surface area contributed by atoms with Crippen molar-refractivity contribution < 1.29 is 18.0 Å². The molecule has 0 aliphatic heterocycles. The topological polar surface area (TPSA) is 110 Å². The number of pyridine rings is 1. The Kier molecular flexibility index (Phi) is 5.79. The molecule has 0 spiro atoms. The first-order valence-electron chi connectivity index (χ1n) is 9.91. The molecule has 0 aliphatic rings. The Morgan fingerprint density at radius 2 is 1.94 bits per heavy atom. The number of hydrogen-bond acceptors (Lipinski definition) is 6. The van der Waals surface area contributed by atoms with E-state index in [-0.39, 0.29) is 17.8 Å². The minimum atomic E-state index is -4.35. The molecular weight excluding hydrogens is 433 g/mol. The number of hydrogen-bond donors (Lipinski definition) is 1. The highest BCUT2D eigenvalue weighted by atomic mass is 19.4. The highest BCUT2D eigenvalue weighted by Gasteiger charge is 2.27. The van der Waals surface area contributed by atoms with Crippen molar-refractivity contribution in [1.82, 2.24) is 19.4 Å². The third-order valence-corrected chi connectivity index (χ3v) is 5.02. The zero-order chi connectivity index (χ0) is 23.6. The predicted molar refractivity (Wildman–Crippen MR) is 115 cm³/mol. The molecule has 166 valence electrons. The van der Waals surface area contributed by atoms with Gasteiger partial charge in [-0.2, -0.15) is 18.4 Å². The Balaban J connectivity index is 1.58. The number of imidazole rings is 1. The van der Waals surface area contributed by atoms with Crippen LogP contribution in [-0.4, -0.2) is 31.3 Å². The van der Waals surface area contributed by atoms with Gasteiger partial charge >= 0.3 is 6.18 Å². The molecule has 0 atom stereocenters. The van der Waals surface area contributed by atoms with Gasteiger partial charge in [0.05, 0.1) is 24.5 Å². The maximum atomic E-state index is 12.4. The molecule has 4 rings (SSSR count). The molecule has 0 fully saturated rings. The van der Waals surface area contributed by atoms with Crippen molar-refractivity contribution >= 4 is 17.2 Å². The summed E-state index contributed by atoms with van der Waals surface area (Å²) in [6.45, 7) is 0. The number of fused-ring (bicyclic) bond motifs is 1. The fourth-order valence-corrected chi connectivity index (χ4v) is 3.39. The number of Topliss-reactive ketones (excluding diaryl/α,β-unsaturated/α-hetero) is 1. The SMILES string of the molecule is N#Cc1cnc(-c2ccn3c(-c4cccc(CC(=O)CCC(F)(F)F)c4)cnc3c2)nc1N. The second-order valence-electron chi connectivity index (χ2n) is 7.42. The summed E-state index contributed by atoms with van der Waals surface area (Å²) < 4.78 is 38.9. The third kappa shape index (κ3) is 4.98. The smallest absolute Gasteiger partial charge is 0.382 e. The lowest BCUT2D eigenvalue weighted by Crippen LogP contribution is -2.12. The molecule has 7 nitrogen and oxygen atoms in total. The maximum absolute atomic E-state index is 12.4. The van der Waals surface area contributed by atoms with Crippen LogP contribution in [0.15, 0.2) is 55.0 Å². The summed E-state index contributed by atoms with van der Waals surface area (Å²) in [7, 11) is 0. The number of ketones is 1. The number of carbonyl (C=O) groups excluding carboxylic acids is 1. The maximum Gasteiger partial charge on any atom is 0.389 e. The highest BCUT2D eigenvalue weighted by molar-refractivity contribution is 5.81. The average Bonchev–Trinajstić information content (AvgIpc) is 3.21. The van der Waals surface area contributed by atoms with E-state index in [1.807, 2.05) is 16.5 Å². The molecule has 0 unspecified atom stereocenters. The van der Waals surface area contributed by atoms with Crippen molar-refractivity contribution in [2.24, 2.45) is 0 Å². The molecule has 0 radical (unpaired) electrons. The van der Waals surface area contributed by atoms with Gasteiger partial charge in [-0.1, -0.05) is 18.2 Å². The Labute approximate surface area is 186 Å². The summed E-state index contributed by atoms with van der Waals surface area (Å²) in [4.78, 5) is 24.7. The number of aromatic nitrogens is 4. The Morgan fingerprint density at radius 3 is 2.67 bits per heavy atom. The summed E-state index contributed by atoms with van der Waals surface area (Å²) in [5.41, 5.74) is 9.41. The van der Waals surface area contributed by atoms with Crippen LogP contribution in [0, 0.1) is 11.3 Å². The van der Waals surface area contributed by atoms with E-state index >= 15 is 0 Å². The number of rotatable bonds is 6. The number of nitriles is 1. The van der Waals surface area contributed by atoms with Crippen molar-refractivity contribution in [3.63, 3.8) is 0 Å². The molecule has 10 heteroatoms. The molecule has 0 aliphatic carbocycles. The van der Waals surface area contributed by atoms with Crippen molar-refractivity contribution in [2.75, 3.05) is 5.73 Å². The second-order valence-corrected chi connectivity index (χ2v) is 7.42. The second kappa shape index (κ2) is 8.70. The van der Waals surface area contributed by atoms with Gasteiger partial charge in [0.15, 0.2) is 5.82 Å². The predicted octanol–water partition coefficient (Wildman–Crippen LogP) is 4.37. The van der Waals surface area contributed by atoms with E-state index in [0.29, 0.717) is 22.6 Å². The summed E-state index contributed by atoms with van der Waals surface area (Å²) in [5.74, 6) is -0.0140. The van der Waals surface area contributed by atoms with E-state index in [4.69, 9.17) is 11.0 Å². The molecule has 3 heterocycles. The summed E-state index contributed by atoms with van der Waals surface area (Å²) in [5, 5.41) is 8.97. The van der Waals surface area contributed by atoms with Gasteiger partial charge in [-0.15, -0.1) is 0 Å². The van der Waals surface area contributed by atoms with Gasteiger partial charge in [-0.3, -0.25) is 9.20 Å². The van der Waals surface area contributed by atoms with Crippen molar-refractivity contribution in [3.8, 4) is 28.7 Å². The van der Waals surface area contributed by atoms with Gasteiger partial charge in [-0.05, 0) is 23.8 Å². The Morgan fingerprint density at radius 1 is 1.12 bits per heavy atom. The standard InChI is InChI=1S/C23H17F3N6O/c24-23(25,26)6-4-18(33)9-14-2-1-3-15(8-14)19-13-29-20-10-16(5-7-32(19)20)22-30-12-17(11-27)21(28)31-22/h1-3,5,7-8,10,12-13H,4,6,9H2,(H2,28,30,31). The number of carbonyl (C=O) groups is 1. The van der Waals surface area contributed by atoms with Crippen molar-refractivity contribution in [2.45, 2.75) is 25.4 Å². The fourth-order valence-electron chi connectivity index (χ4n) is 3.39. The first kappa shape index (κ1) is 22.0. The molecule has 0 saturated heterocycles. The number of nitrogens with zero attached hydrogens (tertiary/aromatic N) is 5. The van der Waals surface area contributed by atoms with Crippen LogP contribution in [0.4, 0.5) is 19.0 Å². The van der Waals surface area contributed by atoms with Gasteiger partial charge in [0.1, 0.15) is 28.9 Å². The molecular formula is C23H17F3N6O. The van der Waals surface area contributed by atoms with E-state index in [9.17, 15) is 18.0 Å². The van der Waals surface area contributed by atoms with Crippen LogP contribution in [-0.2, 0) is 11.2 Å². The first-order chi connectivity index (χ1) is 15.7. The lowest BCUT2D eigenvalue weighted by molar-refractivity contribution is -0.143. The van der Waals surface area contributed by atoms with Crippen LogP contribution in [0.1, 0.15) is 24.0 Å². The molecule has 0 bridgehead atoms. The van der Waals surface area contributed by atoms with E-state index in [2.05, 4.69) is 15.0 Å². The minimum Gasteiger partial charge on any atom is -0.382 e. The minimum absolute atomic E-state index is 0.0672. The molecule has 0 saturated carbocycles. The van der Waals surface area contributed by atoms with Crippen molar-refractivity contribution in [1.29, 1.82) is 5.26 Å². The van der Waals surface area contributed by atoms with E-state index < -0.39 is 24.8 Å². The first-order valence-corrected chi connectivity index (χ1v) is 9.91. The van der Waals surface area contributed by atoms with E-state index in [0.717, 1.165) is 11.3 Å². The molecule has 3 aromatic heterocycles. The largest absolute Gasteiger partial charge is 0.389 e. The van der Waals surface area contributed by atoms with Crippen LogP contribution in [0.2, 0.25) is 0 Å². The van der Waals surface area contributed by atoms with Crippen LogP contribution in [0.25, 0.3) is 28.3 Å².